The Labute approximate surface area is 144 Å². The monoisotopic (exact) mass is 331 g/mol. The van der Waals surface area contributed by atoms with Crippen LogP contribution in [0.15, 0.2) is 48.9 Å². The third-order valence-electron chi connectivity index (χ3n) is 4.13. The summed E-state index contributed by atoms with van der Waals surface area (Å²) in [6, 6.07) is 9.73. The fourth-order valence-electron chi connectivity index (χ4n) is 2.83. The standard InChI is InChI=1S/C18H17N7/c1-11-8-12(2-3-15(11)19)10-25-17-14(9-22-25)16(23-18(20)24-17)13-4-6-21-7-5-13/h2-9H,10,19H2,1H3,(H2,20,23,24). The van der Waals surface area contributed by atoms with Gasteiger partial charge < -0.3 is 11.5 Å². The summed E-state index contributed by atoms with van der Waals surface area (Å²) in [5.41, 5.74) is 17.1. The van der Waals surface area contributed by atoms with E-state index < -0.39 is 0 Å². The van der Waals surface area contributed by atoms with Gasteiger partial charge in [-0.3, -0.25) is 4.98 Å². The van der Waals surface area contributed by atoms with Crippen molar-refractivity contribution in [3.8, 4) is 11.3 Å². The Balaban J connectivity index is 1.81. The van der Waals surface area contributed by atoms with Crippen molar-refractivity contribution in [1.29, 1.82) is 0 Å². The molecule has 0 radical (unpaired) electrons. The molecule has 4 N–H and O–H groups in total. The fourth-order valence-corrected chi connectivity index (χ4v) is 2.83. The van der Waals surface area contributed by atoms with Gasteiger partial charge in [0.05, 0.1) is 23.8 Å². The van der Waals surface area contributed by atoms with E-state index in [0.717, 1.165) is 33.5 Å². The number of nitrogen functional groups attached to an aromatic ring is 2. The second-order valence-corrected chi connectivity index (χ2v) is 5.90. The van der Waals surface area contributed by atoms with Gasteiger partial charge in [-0.25, -0.2) is 9.67 Å². The molecular formula is C18H17N7. The van der Waals surface area contributed by atoms with Crippen LogP contribution in [0.5, 0.6) is 0 Å². The van der Waals surface area contributed by atoms with E-state index >= 15 is 0 Å². The normalized spacial score (nSPS) is 11.1. The van der Waals surface area contributed by atoms with Crippen molar-refractivity contribution in [3.63, 3.8) is 0 Å². The molecule has 4 aromatic rings. The zero-order chi connectivity index (χ0) is 17.4. The number of pyridine rings is 1. The van der Waals surface area contributed by atoms with Crippen LogP contribution in [0.1, 0.15) is 11.1 Å². The quantitative estimate of drug-likeness (QED) is 0.558. The van der Waals surface area contributed by atoms with Crippen LogP contribution in [0, 0.1) is 6.92 Å². The van der Waals surface area contributed by atoms with Crippen LogP contribution in [-0.2, 0) is 6.54 Å². The summed E-state index contributed by atoms with van der Waals surface area (Å²) < 4.78 is 1.82. The molecule has 124 valence electrons. The van der Waals surface area contributed by atoms with Crippen LogP contribution in [0.2, 0.25) is 0 Å². The molecule has 0 aliphatic heterocycles. The van der Waals surface area contributed by atoms with E-state index in [-0.39, 0.29) is 5.95 Å². The predicted molar refractivity (Wildman–Crippen MR) is 97.7 cm³/mol. The Bertz CT molecular complexity index is 1050. The molecule has 0 spiro atoms. The van der Waals surface area contributed by atoms with E-state index in [1.165, 1.54) is 0 Å². The molecule has 0 fully saturated rings. The Morgan fingerprint density at radius 1 is 1.04 bits per heavy atom. The fraction of sp³-hybridized carbons (Fsp3) is 0.111. The van der Waals surface area contributed by atoms with Crippen molar-refractivity contribution in [1.82, 2.24) is 24.7 Å². The molecule has 3 heterocycles. The number of benzene rings is 1. The average molecular weight is 331 g/mol. The smallest absolute Gasteiger partial charge is 0.222 e. The second kappa shape index (κ2) is 5.86. The summed E-state index contributed by atoms with van der Waals surface area (Å²) in [5.74, 6) is 0.217. The second-order valence-electron chi connectivity index (χ2n) is 5.90. The van der Waals surface area contributed by atoms with Gasteiger partial charge in [0.25, 0.3) is 0 Å². The molecule has 0 saturated carbocycles. The number of aromatic nitrogens is 5. The first-order chi connectivity index (χ1) is 12.1. The van der Waals surface area contributed by atoms with Crippen LogP contribution in [0.25, 0.3) is 22.3 Å². The number of hydrogen-bond acceptors (Lipinski definition) is 6. The highest BCUT2D eigenvalue weighted by atomic mass is 15.3. The van der Waals surface area contributed by atoms with Crippen molar-refractivity contribution in [2.45, 2.75) is 13.5 Å². The van der Waals surface area contributed by atoms with E-state index in [9.17, 15) is 0 Å². The Morgan fingerprint density at radius 3 is 2.60 bits per heavy atom. The Hall–Kier alpha value is -3.48. The largest absolute Gasteiger partial charge is 0.399 e. The van der Waals surface area contributed by atoms with Crippen LogP contribution < -0.4 is 11.5 Å². The third kappa shape index (κ3) is 2.76. The molecule has 0 amide bonds. The number of aryl methyl sites for hydroxylation is 1. The van der Waals surface area contributed by atoms with Gasteiger partial charge >= 0.3 is 0 Å². The molecule has 0 aliphatic rings. The molecule has 0 aliphatic carbocycles. The van der Waals surface area contributed by atoms with Crippen molar-refractivity contribution in [2.24, 2.45) is 0 Å². The van der Waals surface area contributed by atoms with Gasteiger partial charge in [-0.05, 0) is 36.2 Å². The average Bonchev–Trinajstić information content (AvgIpc) is 3.01. The maximum absolute atomic E-state index is 5.93. The minimum absolute atomic E-state index is 0.217. The topological polar surface area (TPSA) is 109 Å². The van der Waals surface area contributed by atoms with Crippen molar-refractivity contribution >= 4 is 22.7 Å². The van der Waals surface area contributed by atoms with Gasteiger partial charge in [-0.2, -0.15) is 10.1 Å². The van der Waals surface area contributed by atoms with Crippen molar-refractivity contribution in [3.05, 3.63) is 60.0 Å². The summed E-state index contributed by atoms with van der Waals surface area (Å²) in [6.45, 7) is 2.57. The number of nitrogens with two attached hydrogens (primary N) is 2. The van der Waals surface area contributed by atoms with Gasteiger partial charge in [0, 0.05) is 23.6 Å². The molecule has 25 heavy (non-hydrogen) atoms. The molecule has 7 nitrogen and oxygen atoms in total. The summed E-state index contributed by atoms with van der Waals surface area (Å²) in [5, 5.41) is 5.34. The summed E-state index contributed by atoms with van der Waals surface area (Å²) in [6.07, 6.45) is 5.22. The highest BCUT2D eigenvalue weighted by molar-refractivity contribution is 5.90. The molecule has 1 aromatic carbocycles. The maximum Gasteiger partial charge on any atom is 0.222 e. The van der Waals surface area contributed by atoms with Crippen LogP contribution >= 0.6 is 0 Å². The number of fused-ring (bicyclic) bond motifs is 1. The highest BCUT2D eigenvalue weighted by Gasteiger charge is 2.14. The molecular weight excluding hydrogens is 314 g/mol. The summed E-state index contributed by atoms with van der Waals surface area (Å²) >= 11 is 0. The van der Waals surface area contributed by atoms with Crippen LogP contribution in [-0.4, -0.2) is 24.7 Å². The predicted octanol–water partition coefficient (Wildman–Crippen LogP) is 2.41. The summed E-state index contributed by atoms with van der Waals surface area (Å²) in [7, 11) is 0. The lowest BCUT2D eigenvalue weighted by Crippen LogP contribution is -2.05. The minimum Gasteiger partial charge on any atom is -0.399 e. The SMILES string of the molecule is Cc1cc(Cn2ncc3c(-c4ccncc4)nc(N)nc32)ccc1N. The molecule has 4 rings (SSSR count). The zero-order valence-corrected chi connectivity index (χ0v) is 13.7. The van der Waals surface area contributed by atoms with E-state index in [0.29, 0.717) is 12.2 Å². The Kier molecular flexibility index (Phi) is 3.53. The molecule has 7 heteroatoms. The number of anilines is 2. The maximum atomic E-state index is 5.93. The van der Waals surface area contributed by atoms with E-state index in [1.807, 2.05) is 35.9 Å². The first kappa shape index (κ1) is 15.1. The minimum atomic E-state index is 0.217. The molecule has 0 bridgehead atoms. The van der Waals surface area contributed by atoms with Crippen LogP contribution in [0.3, 0.4) is 0 Å². The molecule has 0 unspecified atom stereocenters. The van der Waals surface area contributed by atoms with Gasteiger partial charge in [-0.15, -0.1) is 0 Å². The van der Waals surface area contributed by atoms with E-state index in [2.05, 4.69) is 26.1 Å². The molecule has 3 aromatic heterocycles. The Morgan fingerprint density at radius 2 is 1.84 bits per heavy atom. The van der Waals surface area contributed by atoms with Gasteiger partial charge in [-0.1, -0.05) is 12.1 Å². The van der Waals surface area contributed by atoms with Crippen molar-refractivity contribution < 1.29 is 0 Å². The molecule has 0 saturated heterocycles. The van der Waals surface area contributed by atoms with E-state index in [1.54, 1.807) is 18.6 Å². The molecule has 0 atom stereocenters. The lowest BCUT2D eigenvalue weighted by Gasteiger charge is -2.08. The number of nitrogens with zero attached hydrogens (tertiary/aromatic N) is 5. The third-order valence-corrected chi connectivity index (χ3v) is 4.13. The highest BCUT2D eigenvalue weighted by Crippen LogP contribution is 2.26. The number of hydrogen-bond donors (Lipinski definition) is 2. The van der Waals surface area contributed by atoms with Crippen molar-refractivity contribution in [2.75, 3.05) is 11.5 Å². The van der Waals surface area contributed by atoms with Crippen LogP contribution in [0.4, 0.5) is 11.6 Å². The first-order valence-corrected chi connectivity index (χ1v) is 7.86. The lowest BCUT2D eigenvalue weighted by atomic mass is 10.1. The zero-order valence-electron chi connectivity index (χ0n) is 13.7. The van der Waals surface area contributed by atoms with Gasteiger partial charge in [0.15, 0.2) is 5.65 Å². The number of rotatable bonds is 3. The summed E-state index contributed by atoms with van der Waals surface area (Å²) in [4.78, 5) is 12.8. The first-order valence-electron chi connectivity index (χ1n) is 7.86. The van der Waals surface area contributed by atoms with E-state index in [4.69, 9.17) is 11.5 Å². The van der Waals surface area contributed by atoms with Gasteiger partial charge in [0.1, 0.15) is 0 Å². The lowest BCUT2D eigenvalue weighted by molar-refractivity contribution is 0.704. The van der Waals surface area contributed by atoms with Gasteiger partial charge in [0.2, 0.25) is 5.95 Å².